The van der Waals surface area contributed by atoms with Crippen LogP contribution in [0.3, 0.4) is 0 Å². The molecule has 0 bridgehead atoms. The Hall–Kier alpha value is -0.980. The second-order valence-corrected chi connectivity index (χ2v) is 6.44. The number of sulfonamides is 1. The minimum absolute atomic E-state index is 0.0854. The molecule has 102 valence electrons. The van der Waals surface area contributed by atoms with Gasteiger partial charge in [-0.1, -0.05) is 26.8 Å². The quantitative estimate of drug-likeness (QED) is 0.843. The highest BCUT2D eigenvalue weighted by molar-refractivity contribution is 7.89. The SMILES string of the molecule is CCN(CC(C)C)S(=O)(=O)c1ccc(CN)cn1. The Morgan fingerprint density at radius 2 is 2.06 bits per heavy atom. The molecule has 1 heterocycles. The van der Waals surface area contributed by atoms with Crippen molar-refractivity contribution in [3.63, 3.8) is 0 Å². The van der Waals surface area contributed by atoms with Crippen LogP contribution in [0.5, 0.6) is 0 Å². The zero-order valence-corrected chi connectivity index (χ0v) is 11.9. The lowest BCUT2D eigenvalue weighted by Gasteiger charge is -2.21. The smallest absolute Gasteiger partial charge is 0.260 e. The number of aromatic nitrogens is 1. The standard InChI is InChI=1S/C12H21N3O2S/c1-4-15(9-10(2)3)18(16,17)12-6-5-11(7-13)8-14-12/h5-6,8,10H,4,7,9,13H2,1-3H3. The molecule has 6 heteroatoms. The third kappa shape index (κ3) is 3.51. The second-order valence-electron chi connectivity index (χ2n) is 4.56. The topological polar surface area (TPSA) is 76.3 Å². The van der Waals surface area contributed by atoms with Crippen LogP contribution >= 0.6 is 0 Å². The van der Waals surface area contributed by atoms with E-state index in [2.05, 4.69) is 4.98 Å². The maximum Gasteiger partial charge on any atom is 0.260 e. The second kappa shape index (κ2) is 6.26. The molecule has 2 N–H and O–H groups in total. The Labute approximate surface area is 109 Å². The highest BCUT2D eigenvalue weighted by Crippen LogP contribution is 2.15. The van der Waals surface area contributed by atoms with Gasteiger partial charge < -0.3 is 5.73 Å². The molecule has 0 radical (unpaired) electrons. The van der Waals surface area contributed by atoms with E-state index in [1.165, 1.54) is 16.6 Å². The third-order valence-electron chi connectivity index (χ3n) is 2.56. The van der Waals surface area contributed by atoms with Gasteiger partial charge in [-0.2, -0.15) is 4.31 Å². The monoisotopic (exact) mass is 271 g/mol. The fourth-order valence-electron chi connectivity index (χ4n) is 1.62. The summed E-state index contributed by atoms with van der Waals surface area (Å²) in [7, 11) is -3.49. The minimum Gasteiger partial charge on any atom is -0.326 e. The first-order valence-corrected chi connectivity index (χ1v) is 7.51. The molecule has 0 spiro atoms. The Kier molecular flexibility index (Phi) is 5.25. The molecule has 5 nitrogen and oxygen atoms in total. The molecule has 0 unspecified atom stereocenters. The summed E-state index contributed by atoms with van der Waals surface area (Å²) in [6, 6.07) is 3.21. The maximum absolute atomic E-state index is 12.3. The summed E-state index contributed by atoms with van der Waals surface area (Å²) >= 11 is 0. The first-order chi connectivity index (χ1) is 8.41. The lowest BCUT2D eigenvalue weighted by Crippen LogP contribution is -2.34. The van der Waals surface area contributed by atoms with Gasteiger partial charge in [-0.15, -0.1) is 0 Å². The highest BCUT2D eigenvalue weighted by atomic mass is 32.2. The molecule has 0 saturated heterocycles. The number of hydrogen-bond donors (Lipinski definition) is 1. The van der Waals surface area contributed by atoms with Gasteiger partial charge in [0.25, 0.3) is 10.0 Å². The average Bonchev–Trinajstić information content (AvgIpc) is 2.35. The molecule has 1 aromatic rings. The first kappa shape index (κ1) is 15.1. The van der Waals surface area contributed by atoms with Gasteiger partial charge in [-0.3, -0.25) is 0 Å². The molecule has 0 aromatic carbocycles. The zero-order chi connectivity index (χ0) is 13.8. The number of rotatable bonds is 6. The van der Waals surface area contributed by atoms with E-state index < -0.39 is 10.0 Å². The van der Waals surface area contributed by atoms with Crippen LogP contribution in [-0.2, 0) is 16.6 Å². The Morgan fingerprint density at radius 1 is 1.39 bits per heavy atom. The average molecular weight is 271 g/mol. The van der Waals surface area contributed by atoms with E-state index in [1.807, 2.05) is 20.8 Å². The lowest BCUT2D eigenvalue weighted by atomic mass is 10.2. The third-order valence-corrected chi connectivity index (χ3v) is 4.42. The van der Waals surface area contributed by atoms with Crippen molar-refractivity contribution in [2.24, 2.45) is 11.7 Å². The summed E-state index contributed by atoms with van der Waals surface area (Å²) in [5, 5.41) is 0.0854. The van der Waals surface area contributed by atoms with Crippen molar-refractivity contribution in [2.75, 3.05) is 13.1 Å². The van der Waals surface area contributed by atoms with Gasteiger partial charge in [-0.05, 0) is 17.5 Å². The van der Waals surface area contributed by atoms with Crippen LogP contribution in [-0.4, -0.2) is 30.8 Å². The van der Waals surface area contributed by atoms with Crippen LogP contribution in [0.15, 0.2) is 23.4 Å². The van der Waals surface area contributed by atoms with Crippen molar-refractivity contribution < 1.29 is 8.42 Å². The fraction of sp³-hybridized carbons (Fsp3) is 0.583. The van der Waals surface area contributed by atoms with Gasteiger partial charge in [0.2, 0.25) is 0 Å². The van der Waals surface area contributed by atoms with E-state index >= 15 is 0 Å². The fourth-order valence-corrected chi connectivity index (χ4v) is 3.15. The van der Waals surface area contributed by atoms with Crippen molar-refractivity contribution in [2.45, 2.75) is 32.3 Å². The van der Waals surface area contributed by atoms with Crippen LogP contribution < -0.4 is 5.73 Å². The summed E-state index contributed by atoms with van der Waals surface area (Å²) in [6.07, 6.45) is 1.51. The van der Waals surface area contributed by atoms with E-state index in [0.717, 1.165) is 5.56 Å². The summed E-state index contributed by atoms with van der Waals surface area (Å²) in [4.78, 5) is 3.99. The van der Waals surface area contributed by atoms with Gasteiger partial charge >= 0.3 is 0 Å². The number of hydrogen-bond acceptors (Lipinski definition) is 4. The first-order valence-electron chi connectivity index (χ1n) is 6.07. The van der Waals surface area contributed by atoms with Crippen LogP contribution in [0, 0.1) is 5.92 Å². The predicted octanol–water partition coefficient (Wildman–Crippen LogP) is 1.21. The molecule has 1 rings (SSSR count). The van der Waals surface area contributed by atoms with Gasteiger partial charge in [0.15, 0.2) is 5.03 Å². The largest absolute Gasteiger partial charge is 0.326 e. The number of nitrogens with zero attached hydrogens (tertiary/aromatic N) is 2. The van der Waals surface area contributed by atoms with Crippen LogP contribution in [0.25, 0.3) is 0 Å². The summed E-state index contributed by atoms with van der Waals surface area (Å²) in [5.41, 5.74) is 6.28. The molecular weight excluding hydrogens is 250 g/mol. The minimum atomic E-state index is -3.49. The van der Waals surface area contributed by atoms with Gasteiger partial charge in [0, 0.05) is 25.8 Å². The van der Waals surface area contributed by atoms with Crippen LogP contribution in [0.1, 0.15) is 26.3 Å². The molecule has 0 aliphatic rings. The van der Waals surface area contributed by atoms with E-state index in [4.69, 9.17) is 5.73 Å². The van der Waals surface area contributed by atoms with Gasteiger partial charge in [0.05, 0.1) is 0 Å². The Morgan fingerprint density at radius 3 is 2.44 bits per heavy atom. The van der Waals surface area contributed by atoms with Crippen LogP contribution in [0.4, 0.5) is 0 Å². The van der Waals surface area contributed by atoms with Gasteiger partial charge in [0.1, 0.15) is 0 Å². The van der Waals surface area contributed by atoms with Crippen molar-refractivity contribution >= 4 is 10.0 Å². The zero-order valence-electron chi connectivity index (χ0n) is 11.1. The van der Waals surface area contributed by atoms with Crippen molar-refractivity contribution in [3.05, 3.63) is 23.9 Å². The number of nitrogens with two attached hydrogens (primary N) is 1. The molecule has 0 amide bonds. The van der Waals surface area contributed by atoms with Crippen molar-refractivity contribution in [3.8, 4) is 0 Å². The lowest BCUT2D eigenvalue weighted by molar-refractivity contribution is 0.379. The van der Waals surface area contributed by atoms with Crippen LogP contribution in [0.2, 0.25) is 0 Å². The summed E-state index contributed by atoms with van der Waals surface area (Å²) in [5.74, 6) is 0.281. The molecule has 1 aromatic heterocycles. The highest BCUT2D eigenvalue weighted by Gasteiger charge is 2.24. The normalized spacial score (nSPS) is 12.3. The molecule has 18 heavy (non-hydrogen) atoms. The molecule has 0 saturated carbocycles. The molecule has 0 fully saturated rings. The van der Waals surface area contributed by atoms with E-state index in [0.29, 0.717) is 19.6 Å². The van der Waals surface area contributed by atoms with Gasteiger partial charge in [-0.25, -0.2) is 13.4 Å². The molecule has 0 aliphatic heterocycles. The number of pyridine rings is 1. The van der Waals surface area contributed by atoms with E-state index in [9.17, 15) is 8.42 Å². The Balaban J connectivity index is 3.02. The predicted molar refractivity (Wildman–Crippen MR) is 71.4 cm³/mol. The van der Waals surface area contributed by atoms with Crippen molar-refractivity contribution in [1.29, 1.82) is 0 Å². The summed E-state index contributed by atoms with van der Waals surface area (Å²) in [6.45, 7) is 7.11. The van der Waals surface area contributed by atoms with E-state index in [-0.39, 0.29) is 10.9 Å². The molecule has 0 atom stereocenters. The maximum atomic E-state index is 12.3. The molecular formula is C12H21N3O2S. The summed E-state index contributed by atoms with van der Waals surface area (Å²) < 4.78 is 26.1. The Bertz CT molecular complexity index is 469. The molecule has 0 aliphatic carbocycles. The van der Waals surface area contributed by atoms with Crippen molar-refractivity contribution in [1.82, 2.24) is 9.29 Å². The van der Waals surface area contributed by atoms with E-state index in [1.54, 1.807) is 6.07 Å².